The number of ether oxygens (including phenoxy) is 1. The Morgan fingerprint density at radius 3 is 3.11 bits per heavy atom. The van der Waals surface area contributed by atoms with Gasteiger partial charge in [-0.1, -0.05) is 18.2 Å². The van der Waals surface area contributed by atoms with E-state index in [2.05, 4.69) is 27.3 Å². The summed E-state index contributed by atoms with van der Waals surface area (Å²) in [5.74, 6) is 1.31. The van der Waals surface area contributed by atoms with Crippen LogP contribution >= 0.6 is 0 Å². The van der Waals surface area contributed by atoms with Gasteiger partial charge in [0.05, 0.1) is 31.4 Å². The number of benzene rings is 1. The van der Waals surface area contributed by atoms with E-state index in [4.69, 9.17) is 9.15 Å². The first kappa shape index (κ1) is 17.5. The molecule has 0 saturated carbocycles. The lowest BCUT2D eigenvalue weighted by molar-refractivity contribution is -0.131. The van der Waals surface area contributed by atoms with Gasteiger partial charge in [-0.3, -0.25) is 9.69 Å². The molecule has 0 bridgehead atoms. The van der Waals surface area contributed by atoms with Crippen LogP contribution in [-0.4, -0.2) is 48.6 Å². The van der Waals surface area contributed by atoms with Crippen LogP contribution in [0.3, 0.4) is 0 Å². The van der Waals surface area contributed by atoms with E-state index in [1.165, 1.54) is 10.9 Å². The smallest absolute Gasteiger partial charge is 0.230 e. The van der Waals surface area contributed by atoms with Gasteiger partial charge in [-0.25, -0.2) is 0 Å². The highest BCUT2D eigenvalue weighted by Crippen LogP contribution is 2.42. The molecule has 2 aliphatic rings. The molecular formula is C22H25N3O3. The van der Waals surface area contributed by atoms with Crippen molar-refractivity contribution in [2.75, 3.05) is 32.8 Å². The second-order valence-electron chi connectivity index (χ2n) is 7.98. The minimum absolute atomic E-state index is 0.122. The van der Waals surface area contributed by atoms with Crippen molar-refractivity contribution in [1.82, 2.24) is 15.2 Å². The molecule has 2 aromatic heterocycles. The molecule has 146 valence electrons. The van der Waals surface area contributed by atoms with Gasteiger partial charge in [-0.05, 0) is 30.2 Å². The molecule has 2 saturated heterocycles. The van der Waals surface area contributed by atoms with Gasteiger partial charge in [0, 0.05) is 42.7 Å². The second-order valence-corrected chi connectivity index (χ2v) is 7.98. The average molecular weight is 379 g/mol. The molecule has 1 amide bonds. The maximum absolute atomic E-state index is 13.1. The highest BCUT2D eigenvalue weighted by atomic mass is 16.5. The van der Waals surface area contributed by atoms with Gasteiger partial charge in [0.2, 0.25) is 5.91 Å². The molecule has 0 radical (unpaired) electrons. The first-order valence-corrected chi connectivity index (χ1v) is 9.90. The summed E-state index contributed by atoms with van der Waals surface area (Å²) in [6.45, 7) is 4.13. The summed E-state index contributed by atoms with van der Waals surface area (Å²) < 4.78 is 11.2. The lowest BCUT2D eigenvalue weighted by Gasteiger charge is -2.26. The van der Waals surface area contributed by atoms with Crippen LogP contribution in [0.2, 0.25) is 0 Å². The van der Waals surface area contributed by atoms with Crippen LogP contribution < -0.4 is 5.32 Å². The Labute approximate surface area is 163 Å². The van der Waals surface area contributed by atoms with Crippen molar-refractivity contribution < 1.29 is 13.9 Å². The summed E-state index contributed by atoms with van der Waals surface area (Å²) in [5.41, 5.74) is 1.93. The van der Waals surface area contributed by atoms with Gasteiger partial charge in [-0.15, -0.1) is 0 Å². The number of fused-ring (bicyclic) bond motifs is 2. The fraction of sp³-hybridized carbons (Fsp3) is 0.409. The zero-order chi connectivity index (χ0) is 19.0. The fourth-order valence-corrected chi connectivity index (χ4v) is 4.73. The van der Waals surface area contributed by atoms with E-state index in [-0.39, 0.29) is 11.8 Å². The van der Waals surface area contributed by atoms with Gasteiger partial charge < -0.3 is 19.5 Å². The van der Waals surface area contributed by atoms with Crippen molar-refractivity contribution in [2.45, 2.75) is 13.0 Å². The van der Waals surface area contributed by atoms with Gasteiger partial charge in [0.25, 0.3) is 0 Å². The molecule has 2 aliphatic heterocycles. The first-order chi connectivity index (χ1) is 13.7. The van der Waals surface area contributed by atoms with Crippen LogP contribution in [0.4, 0.5) is 0 Å². The van der Waals surface area contributed by atoms with Crippen molar-refractivity contribution in [3.05, 3.63) is 60.2 Å². The number of likely N-dealkylation sites (tertiary alicyclic amines) is 1. The Bertz CT molecular complexity index is 964. The number of hydrogen-bond acceptors (Lipinski definition) is 4. The molecule has 4 heterocycles. The summed E-state index contributed by atoms with van der Waals surface area (Å²) in [6, 6.07) is 12.2. The monoisotopic (exact) mass is 379 g/mol. The summed E-state index contributed by atoms with van der Waals surface area (Å²) in [5, 5.41) is 4.41. The third kappa shape index (κ3) is 3.02. The number of rotatable bonds is 6. The normalized spacial score (nSPS) is 24.6. The van der Waals surface area contributed by atoms with Crippen molar-refractivity contribution in [1.29, 1.82) is 0 Å². The van der Waals surface area contributed by atoms with Crippen LogP contribution in [0.15, 0.2) is 53.3 Å². The number of aromatic nitrogens is 1. The topological polar surface area (TPSA) is 70.5 Å². The molecule has 6 nitrogen and oxygen atoms in total. The first-order valence-electron chi connectivity index (χ1n) is 9.90. The fourth-order valence-electron chi connectivity index (χ4n) is 4.73. The van der Waals surface area contributed by atoms with Crippen molar-refractivity contribution in [3.63, 3.8) is 0 Å². The largest absolute Gasteiger partial charge is 0.468 e. The van der Waals surface area contributed by atoms with Gasteiger partial charge in [-0.2, -0.15) is 0 Å². The Balaban J connectivity index is 1.22. The Kier molecular flexibility index (Phi) is 4.45. The average Bonchev–Trinajstić information content (AvgIpc) is 3.46. The van der Waals surface area contributed by atoms with Crippen molar-refractivity contribution in [2.24, 2.45) is 11.3 Å². The predicted octanol–water partition coefficient (Wildman–Crippen LogP) is 2.57. The van der Waals surface area contributed by atoms with Crippen LogP contribution in [0, 0.1) is 11.3 Å². The predicted molar refractivity (Wildman–Crippen MR) is 106 cm³/mol. The molecule has 2 fully saturated rings. The molecule has 1 aromatic carbocycles. The summed E-state index contributed by atoms with van der Waals surface area (Å²) in [4.78, 5) is 18.7. The molecular weight excluding hydrogens is 354 g/mol. The van der Waals surface area contributed by atoms with Crippen molar-refractivity contribution >= 4 is 16.8 Å². The summed E-state index contributed by atoms with van der Waals surface area (Å²) in [6.07, 6.45) is 4.55. The maximum atomic E-state index is 13.1. The van der Waals surface area contributed by atoms with E-state index in [1.807, 2.05) is 30.5 Å². The van der Waals surface area contributed by atoms with E-state index >= 15 is 0 Å². The van der Waals surface area contributed by atoms with E-state index in [1.54, 1.807) is 6.26 Å². The van der Waals surface area contributed by atoms with Gasteiger partial charge >= 0.3 is 0 Å². The number of aromatic amines is 1. The zero-order valence-electron chi connectivity index (χ0n) is 15.8. The third-order valence-electron chi connectivity index (χ3n) is 6.21. The Morgan fingerprint density at radius 1 is 1.29 bits per heavy atom. The molecule has 28 heavy (non-hydrogen) atoms. The number of carbonyl (C=O) groups excluding carboxylic acids is 1. The van der Waals surface area contributed by atoms with Crippen LogP contribution in [0.1, 0.15) is 11.3 Å². The molecule has 0 spiro atoms. The van der Waals surface area contributed by atoms with Gasteiger partial charge in [0.15, 0.2) is 0 Å². The van der Waals surface area contributed by atoms with Crippen LogP contribution in [-0.2, 0) is 22.5 Å². The minimum atomic E-state index is -0.438. The van der Waals surface area contributed by atoms with E-state index in [9.17, 15) is 4.79 Å². The number of para-hydroxylation sites is 1. The molecule has 2 N–H and O–H groups in total. The highest BCUT2D eigenvalue weighted by molar-refractivity contribution is 5.85. The lowest BCUT2D eigenvalue weighted by Crippen LogP contribution is -2.47. The molecule has 3 aromatic rings. The second kappa shape index (κ2) is 7.11. The third-order valence-corrected chi connectivity index (χ3v) is 6.21. The highest BCUT2D eigenvalue weighted by Gasteiger charge is 2.55. The molecule has 0 unspecified atom stereocenters. The molecule has 2 atom stereocenters. The standard InChI is InChI=1S/C22H25N3O3/c26-21(23-8-7-16-10-24-20-6-2-1-5-19(16)20)22-14-25(11-17(22)13-27-15-22)12-18-4-3-9-28-18/h1-6,9-10,17,24H,7-8,11-15H2,(H,23,26)/t17-,22-/m1/s1. The maximum Gasteiger partial charge on any atom is 0.230 e. The van der Waals surface area contributed by atoms with Crippen LogP contribution in [0.25, 0.3) is 10.9 Å². The van der Waals surface area contributed by atoms with Gasteiger partial charge in [0.1, 0.15) is 5.76 Å². The summed E-state index contributed by atoms with van der Waals surface area (Å²) >= 11 is 0. The number of furan rings is 1. The number of nitrogens with one attached hydrogen (secondary N) is 2. The number of carbonyl (C=O) groups is 1. The number of hydrogen-bond donors (Lipinski definition) is 2. The number of nitrogens with zero attached hydrogens (tertiary/aromatic N) is 1. The summed E-state index contributed by atoms with van der Waals surface area (Å²) in [7, 11) is 0. The van der Waals surface area contributed by atoms with Crippen molar-refractivity contribution in [3.8, 4) is 0 Å². The number of amides is 1. The number of H-pyrrole nitrogens is 1. The Hall–Kier alpha value is -2.57. The van der Waals surface area contributed by atoms with E-state index < -0.39 is 5.41 Å². The lowest BCUT2D eigenvalue weighted by atomic mass is 9.80. The minimum Gasteiger partial charge on any atom is -0.468 e. The molecule has 6 heteroatoms. The van der Waals surface area contributed by atoms with E-state index in [0.717, 1.165) is 37.3 Å². The zero-order valence-corrected chi connectivity index (χ0v) is 15.8. The molecule has 0 aliphatic carbocycles. The molecule has 5 rings (SSSR count). The quantitative estimate of drug-likeness (QED) is 0.691. The van der Waals surface area contributed by atoms with E-state index in [0.29, 0.717) is 19.8 Å². The van der Waals surface area contributed by atoms with Crippen LogP contribution in [0.5, 0.6) is 0 Å². The SMILES string of the molecule is O=C(NCCc1c[nH]c2ccccc12)[C@]12COC[C@H]1CN(Cc1ccco1)C2. The Morgan fingerprint density at radius 2 is 2.21 bits per heavy atom.